The molecule has 0 spiro atoms. The third-order valence-electron chi connectivity index (χ3n) is 2.41. The summed E-state index contributed by atoms with van der Waals surface area (Å²) in [6.45, 7) is 5.02. The summed E-state index contributed by atoms with van der Waals surface area (Å²) in [6.07, 6.45) is 2.05. The Labute approximate surface area is 123 Å². The van der Waals surface area contributed by atoms with Gasteiger partial charge in [-0.05, 0) is 70.6 Å². The molecule has 0 amide bonds. The number of hydrogen-bond donors (Lipinski definition) is 1. The second kappa shape index (κ2) is 5.39. The minimum Gasteiger partial charge on any atom is -0.326 e. The Hall–Kier alpha value is -0.560. The van der Waals surface area contributed by atoms with Crippen LogP contribution in [0.2, 0.25) is 0 Å². The lowest BCUT2D eigenvalue weighted by atomic mass is 10.3. The van der Waals surface area contributed by atoms with Crippen LogP contribution in [0.3, 0.4) is 0 Å². The molecule has 0 bridgehead atoms. The normalized spacial score (nSPS) is 10.6. The lowest BCUT2D eigenvalue weighted by molar-refractivity contribution is 0.771. The van der Waals surface area contributed by atoms with Crippen LogP contribution in [-0.4, -0.2) is 9.55 Å². The molecule has 0 radical (unpaired) electrons. The second-order valence-corrected chi connectivity index (χ2v) is 5.76. The fourth-order valence-corrected chi connectivity index (χ4v) is 2.30. The van der Waals surface area contributed by atoms with Gasteiger partial charge in [0.05, 0.1) is 5.69 Å². The van der Waals surface area contributed by atoms with Gasteiger partial charge in [-0.15, -0.1) is 0 Å². The number of rotatable bonds is 3. The van der Waals surface area contributed by atoms with Gasteiger partial charge in [-0.1, -0.05) is 0 Å². The molecule has 2 aromatic rings. The van der Waals surface area contributed by atoms with E-state index >= 15 is 0 Å². The average molecular weight is 406 g/mol. The largest absolute Gasteiger partial charge is 0.326 e. The van der Waals surface area contributed by atoms with Gasteiger partial charge >= 0.3 is 0 Å². The van der Waals surface area contributed by atoms with Gasteiger partial charge < -0.3 is 9.88 Å². The fourth-order valence-electron chi connectivity index (χ4n) is 1.59. The van der Waals surface area contributed by atoms with Crippen LogP contribution in [-0.2, 0) is 6.54 Å². The van der Waals surface area contributed by atoms with Crippen molar-refractivity contribution in [1.29, 1.82) is 0 Å². The van der Waals surface area contributed by atoms with Crippen molar-refractivity contribution in [3.63, 3.8) is 0 Å². The van der Waals surface area contributed by atoms with E-state index in [4.69, 9.17) is 0 Å². The molecule has 0 saturated carbocycles. The monoisotopic (exact) mass is 405 g/mol. The van der Waals surface area contributed by atoms with Crippen LogP contribution in [0.15, 0.2) is 28.9 Å². The van der Waals surface area contributed by atoms with Crippen LogP contribution in [0.25, 0.3) is 0 Å². The molecule has 0 aliphatic heterocycles. The van der Waals surface area contributed by atoms with Gasteiger partial charge in [-0.25, -0.2) is 4.98 Å². The molecule has 1 heterocycles. The van der Waals surface area contributed by atoms with Crippen molar-refractivity contribution >= 4 is 50.2 Å². The Kier molecular flexibility index (Phi) is 4.09. The third-order valence-corrected chi connectivity index (χ3v) is 4.75. The van der Waals surface area contributed by atoms with Crippen molar-refractivity contribution in [2.75, 3.05) is 5.32 Å². The molecular weight excluding hydrogens is 393 g/mol. The molecule has 2 rings (SSSR count). The number of aryl methyl sites for hydroxylation is 2. The maximum absolute atomic E-state index is 4.46. The molecule has 0 atom stereocenters. The Morgan fingerprint density at radius 3 is 2.88 bits per heavy atom. The summed E-state index contributed by atoms with van der Waals surface area (Å²) < 4.78 is 4.39. The predicted molar refractivity (Wildman–Crippen MR) is 82.8 cm³/mol. The first kappa shape index (κ1) is 12.9. The van der Waals surface area contributed by atoms with Crippen LogP contribution in [0.4, 0.5) is 11.6 Å². The SMILES string of the molecule is CCn1cc(C)nc1Nc1ccc(I)c(Br)c1. The molecule has 0 unspecified atom stereocenters. The van der Waals surface area contributed by atoms with E-state index in [1.54, 1.807) is 0 Å². The number of halogens is 2. The number of aromatic nitrogens is 2. The van der Waals surface area contributed by atoms with E-state index in [0.717, 1.165) is 28.3 Å². The molecule has 3 nitrogen and oxygen atoms in total. The first-order valence-electron chi connectivity index (χ1n) is 5.36. The van der Waals surface area contributed by atoms with Crippen LogP contribution < -0.4 is 5.32 Å². The first-order valence-corrected chi connectivity index (χ1v) is 7.23. The summed E-state index contributed by atoms with van der Waals surface area (Å²) in [7, 11) is 0. The smallest absolute Gasteiger partial charge is 0.207 e. The topological polar surface area (TPSA) is 29.9 Å². The van der Waals surface area contributed by atoms with Crippen molar-refractivity contribution in [3.8, 4) is 0 Å². The molecule has 1 N–H and O–H groups in total. The number of anilines is 2. The molecule has 0 aliphatic carbocycles. The van der Waals surface area contributed by atoms with E-state index < -0.39 is 0 Å². The van der Waals surface area contributed by atoms with Crippen LogP contribution in [0.1, 0.15) is 12.6 Å². The Morgan fingerprint density at radius 2 is 2.24 bits per heavy atom. The van der Waals surface area contributed by atoms with E-state index in [0.29, 0.717) is 0 Å². The van der Waals surface area contributed by atoms with Crippen molar-refractivity contribution < 1.29 is 0 Å². The highest BCUT2D eigenvalue weighted by Crippen LogP contribution is 2.25. The van der Waals surface area contributed by atoms with Crippen LogP contribution in [0.5, 0.6) is 0 Å². The van der Waals surface area contributed by atoms with E-state index in [-0.39, 0.29) is 0 Å². The first-order chi connectivity index (χ1) is 8.10. The number of hydrogen-bond acceptors (Lipinski definition) is 2. The van der Waals surface area contributed by atoms with Crippen LogP contribution >= 0.6 is 38.5 Å². The van der Waals surface area contributed by atoms with Gasteiger partial charge in [0.1, 0.15) is 0 Å². The highest BCUT2D eigenvalue weighted by molar-refractivity contribution is 14.1. The quantitative estimate of drug-likeness (QED) is 0.770. The molecule has 1 aromatic heterocycles. The zero-order chi connectivity index (χ0) is 12.4. The maximum atomic E-state index is 4.46. The van der Waals surface area contributed by atoms with Crippen molar-refractivity contribution in [2.45, 2.75) is 20.4 Å². The standard InChI is InChI=1S/C12H13BrIN3/c1-3-17-7-8(2)15-12(17)16-9-4-5-11(14)10(13)6-9/h4-7H,3H2,1-2H3,(H,15,16). The molecule has 17 heavy (non-hydrogen) atoms. The zero-order valence-corrected chi connectivity index (χ0v) is 13.4. The molecular formula is C12H13BrIN3. The summed E-state index contributed by atoms with van der Waals surface area (Å²) >= 11 is 5.82. The second-order valence-electron chi connectivity index (χ2n) is 3.75. The average Bonchev–Trinajstić information content (AvgIpc) is 2.64. The van der Waals surface area contributed by atoms with Gasteiger partial charge in [0.2, 0.25) is 5.95 Å². The van der Waals surface area contributed by atoms with Gasteiger partial charge in [-0.2, -0.15) is 0 Å². The van der Waals surface area contributed by atoms with Gasteiger partial charge in [-0.3, -0.25) is 0 Å². The molecule has 5 heteroatoms. The van der Waals surface area contributed by atoms with Crippen molar-refractivity contribution in [2.24, 2.45) is 0 Å². The maximum Gasteiger partial charge on any atom is 0.207 e. The number of nitrogens with zero attached hydrogens (tertiary/aromatic N) is 2. The minimum absolute atomic E-state index is 0.887. The predicted octanol–water partition coefficient (Wildman–Crippen LogP) is 4.32. The Morgan fingerprint density at radius 1 is 1.47 bits per heavy atom. The minimum atomic E-state index is 0.887. The Bertz CT molecular complexity index is 537. The Balaban J connectivity index is 2.27. The summed E-state index contributed by atoms with van der Waals surface area (Å²) in [5.74, 6) is 0.887. The molecule has 1 aromatic carbocycles. The summed E-state index contributed by atoms with van der Waals surface area (Å²) in [6, 6.07) is 6.18. The summed E-state index contributed by atoms with van der Waals surface area (Å²) in [4.78, 5) is 4.46. The highest BCUT2D eigenvalue weighted by atomic mass is 127. The number of benzene rings is 1. The van der Waals surface area contributed by atoms with E-state index in [1.165, 1.54) is 3.57 Å². The van der Waals surface area contributed by atoms with Crippen molar-refractivity contribution in [3.05, 3.63) is 38.1 Å². The third kappa shape index (κ3) is 3.01. The molecule has 0 fully saturated rings. The number of nitrogens with one attached hydrogen (secondary N) is 1. The van der Waals surface area contributed by atoms with Gasteiger partial charge in [0.25, 0.3) is 0 Å². The lowest BCUT2D eigenvalue weighted by Crippen LogP contribution is -2.01. The lowest BCUT2D eigenvalue weighted by Gasteiger charge is -2.08. The van der Waals surface area contributed by atoms with E-state index in [9.17, 15) is 0 Å². The molecule has 0 aliphatic rings. The summed E-state index contributed by atoms with van der Waals surface area (Å²) in [5, 5.41) is 3.33. The van der Waals surface area contributed by atoms with Crippen molar-refractivity contribution in [1.82, 2.24) is 9.55 Å². The highest BCUT2D eigenvalue weighted by Gasteiger charge is 2.05. The molecule has 90 valence electrons. The molecule has 0 saturated heterocycles. The summed E-state index contributed by atoms with van der Waals surface area (Å²) in [5.41, 5.74) is 2.07. The van der Waals surface area contributed by atoms with Gasteiger partial charge in [0.15, 0.2) is 0 Å². The number of imidazole rings is 1. The van der Waals surface area contributed by atoms with E-state index in [1.807, 2.05) is 13.1 Å². The zero-order valence-electron chi connectivity index (χ0n) is 9.67. The van der Waals surface area contributed by atoms with Gasteiger partial charge in [0, 0.05) is 26.5 Å². The van der Waals surface area contributed by atoms with E-state index in [2.05, 4.69) is 78.5 Å². The van der Waals surface area contributed by atoms with Crippen LogP contribution in [0, 0.1) is 10.5 Å². The fraction of sp³-hybridized carbons (Fsp3) is 0.250.